The molecule has 0 radical (unpaired) electrons. The third-order valence-corrected chi connectivity index (χ3v) is 11.4. The zero-order valence-corrected chi connectivity index (χ0v) is 31.9. The monoisotopic (exact) mass is 742 g/mol. The first-order valence-corrected chi connectivity index (χ1v) is 19.8. The largest absolute Gasteiger partial charge is 0.294 e. The molecule has 3 heterocycles. The fourth-order valence-corrected chi connectivity index (χ4v) is 8.81. The molecule has 0 atom stereocenters. The molecule has 0 saturated heterocycles. The lowest BCUT2D eigenvalue weighted by Gasteiger charge is -2.23. The fourth-order valence-electron chi connectivity index (χ4n) is 7.90. The maximum Gasteiger partial charge on any atom is 0.138 e. The van der Waals surface area contributed by atoms with Gasteiger partial charge in [-0.25, -0.2) is 10.0 Å². The molecular weight excluding hydrogens is 705 g/mol. The van der Waals surface area contributed by atoms with E-state index in [9.17, 15) is 0 Å². The Bertz CT molecular complexity index is 2810. The van der Waals surface area contributed by atoms with Crippen LogP contribution in [0.3, 0.4) is 0 Å². The minimum Gasteiger partial charge on any atom is -0.294 e. The number of hydrogen-bond donors (Lipinski definition) is 0. The molecule has 0 spiro atoms. The van der Waals surface area contributed by atoms with Gasteiger partial charge < -0.3 is 0 Å². The Morgan fingerprint density at radius 1 is 0.518 bits per heavy atom. The highest BCUT2D eigenvalue weighted by Crippen LogP contribution is 2.45. The molecule has 0 amide bonds. The highest BCUT2D eigenvalue weighted by Gasteiger charge is 2.30. The summed E-state index contributed by atoms with van der Waals surface area (Å²) >= 11 is 1.75. The van der Waals surface area contributed by atoms with Crippen molar-refractivity contribution in [2.24, 2.45) is 0 Å². The number of hydrogen-bond acceptors (Lipinski definition) is 5. The van der Waals surface area contributed by atoms with E-state index in [1.165, 1.54) is 38.6 Å². The Labute approximate surface area is 331 Å². The standard InChI is InChI=1S/C50H38N4OS/c1-34(2)53-46-25-11-12-26-47(46)54(55-53)38-19-13-20-39(32-38)56-40-27-28-44-43-21-9-10-24-45(43)52(48(44)33-40)49-31-37(29-30-51-49)50-41(35-15-5-3-6-16-35)22-14-23-42(50)36-17-7-4-8-18-36/h3-34H,1-2H3. The minimum absolute atomic E-state index is 0.192. The summed E-state index contributed by atoms with van der Waals surface area (Å²) in [4.78, 5) is 13.7. The van der Waals surface area contributed by atoms with Crippen LogP contribution < -0.4 is 10.1 Å². The summed E-state index contributed by atoms with van der Waals surface area (Å²) < 4.78 is 2.32. The summed E-state index contributed by atoms with van der Waals surface area (Å²) in [6.45, 7) is 4.28. The van der Waals surface area contributed by atoms with Crippen LogP contribution in [-0.4, -0.2) is 15.6 Å². The van der Waals surface area contributed by atoms with Crippen LogP contribution in [0, 0.1) is 0 Å². The van der Waals surface area contributed by atoms with E-state index in [4.69, 9.17) is 9.92 Å². The summed E-state index contributed by atoms with van der Waals surface area (Å²) in [7, 11) is 0. The van der Waals surface area contributed by atoms with Gasteiger partial charge in [0.15, 0.2) is 0 Å². The maximum absolute atomic E-state index is 6.39. The lowest BCUT2D eigenvalue weighted by atomic mass is 9.88. The van der Waals surface area contributed by atoms with Gasteiger partial charge in [0.25, 0.3) is 0 Å². The Morgan fingerprint density at radius 3 is 1.91 bits per heavy atom. The molecular formula is C50H38N4OS. The number of nitrogens with zero attached hydrogens (tertiary/aromatic N) is 4. The van der Waals surface area contributed by atoms with Crippen molar-refractivity contribution in [3.05, 3.63) is 188 Å². The number of fused-ring (bicyclic) bond motifs is 4. The molecule has 0 saturated carbocycles. The average molecular weight is 743 g/mol. The molecule has 2 aromatic heterocycles. The van der Waals surface area contributed by atoms with Crippen LogP contribution in [0.15, 0.2) is 198 Å². The van der Waals surface area contributed by atoms with Crippen LogP contribution in [0.4, 0.5) is 17.1 Å². The van der Waals surface area contributed by atoms with Gasteiger partial charge in [-0.05, 0) is 108 Å². The molecule has 56 heavy (non-hydrogen) atoms. The first-order chi connectivity index (χ1) is 27.6. The smallest absolute Gasteiger partial charge is 0.138 e. The van der Waals surface area contributed by atoms with E-state index >= 15 is 0 Å². The van der Waals surface area contributed by atoms with E-state index in [-0.39, 0.29) is 6.04 Å². The predicted molar refractivity (Wildman–Crippen MR) is 233 cm³/mol. The first-order valence-electron chi connectivity index (χ1n) is 19.0. The van der Waals surface area contributed by atoms with Crippen molar-refractivity contribution in [3.63, 3.8) is 0 Å². The molecule has 0 unspecified atom stereocenters. The predicted octanol–water partition coefficient (Wildman–Crippen LogP) is 13.5. The van der Waals surface area contributed by atoms with Crippen molar-refractivity contribution >= 4 is 50.6 Å². The summed E-state index contributed by atoms with van der Waals surface area (Å²) in [5.74, 6) is 0.874. The highest BCUT2D eigenvalue weighted by molar-refractivity contribution is 7.99. The second-order valence-corrected chi connectivity index (χ2v) is 15.4. The van der Waals surface area contributed by atoms with Crippen LogP contribution in [0.2, 0.25) is 0 Å². The maximum atomic E-state index is 6.39. The van der Waals surface area contributed by atoms with Crippen LogP contribution in [0.1, 0.15) is 13.8 Å². The highest BCUT2D eigenvalue weighted by atomic mass is 32.2. The van der Waals surface area contributed by atoms with Crippen LogP contribution in [0.5, 0.6) is 0 Å². The molecule has 0 bridgehead atoms. The van der Waals surface area contributed by atoms with Crippen molar-refractivity contribution in [3.8, 4) is 39.2 Å². The number of benzene rings is 7. The summed E-state index contributed by atoms with van der Waals surface area (Å²) in [5, 5.41) is 6.28. The first kappa shape index (κ1) is 33.9. The molecule has 0 N–H and O–H groups in total. The Hall–Kier alpha value is -6.60. The van der Waals surface area contributed by atoms with Gasteiger partial charge in [0, 0.05) is 26.8 Å². The van der Waals surface area contributed by atoms with Gasteiger partial charge in [-0.1, -0.05) is 133 Å². The van der Waals surface area contributed by atoms with Gasteiger partial charge in [0.1, 0.15) is 5.82 Å². The SMILES string of the molecule is CC(C)N1ON(c2cccc(Sc3ccc4c5ccccc5n(-c5cc(-c6c(-c7ccccc7)cccc6-c6ccccc6)ccn5)c4c3)c2)c2ccccc21. The van der Waals surface area contributed by atoms with Crippen LogP contribution in [-0.2, 0) is 4.94 Å². The summed E-state index contributed by atoms with van der Waals surface area (Å²) in [6.07, 6.45) is 1.95. The van der Waals surface area contributed by atoms with E-state index in [0.717, 1.165) is 49.3 Å². The van der Waals surface area contributed by atoms with Crippen molar-refractivity contribution in [2.75, 3.05) is 10.1 Å². The lowest BCUT2D eigenvalue weighted by Crippen LogP contribution is -2.30. The van der Waals surface area contributed by atoms with Crippen molar-refractivity contribution in [1.82, 2.24) is 9.55 Å². The third-order valence-electron chi connectivity index (χ3n) is 10.4. The normalized spacial score (nSPS) is 12.6. The molecule has 6 heteroatoms. The molecule has 7 aromatic carbocycles. The third kappa shape index (κ3) is 6.00. The molecule has 270 valence electrons. The van der Waals surface area contributed by atoms with Gasteiger partial charge in [0.05, 0.1) is 34.1 Å². The van der Waals surface area contributed by atoms with Gasteiger partial charge in [-0.3, -0.25) is 4.57 Å². The van der Waals surface area contributed by atoms with Gasteiger partial charge in [0.2, 0.25) is 0 Å². The summed E-state index contributed by atoms with van der Waals surface area (Å²) in [6, 6.07) is 64.8. The molecule has 0 fully saturated rings. The Balaban J connectivity index is 1.07. The fraction of sp³-hybridized carbons (Fsp3) is 0.0600. The quantitative estimate of drug-likeness (QED) is 0.155. The topological polar surface area (TPSA) is 33.5 Å². The van der Waals surface area contributed by atoms with Crippen LogP contribution >= 0.6 is 11.8 Å². The number of para-hydroxylation sites is 3. The molecule has 10 rings (SSSR count). The summed E-state index contributed by atoms with van der Waals surface area (Å²) in [5.41, 5.74) is 12.3. The molecule has 1 aliphatic heterocycles. The number of hydroxylamine groups is 1. The lowest BCUT2D eigenvalue weighted by molar-refractivity contribution is 0.112. The minimum atomic E-state index is 0.192. The van der Waals surface area contributed by atoms with E-state index < -0.39 is 0 Å². The van der Waals surface area contributed by atoms with Crippen molar-refractivity contribution in [1.29, 1.82) is 0 Å². The Morgan fingerprint density at radius 2 is 1.16 bits per heavy atom. The van der Waals surface area contributed by atoms with Crippen LogP contribution in [0.25, 0.3) is 61.0 Å². The number of aromatic nitrogens is 2. The zero-order chi connectivity index (χ0) is 37.6. The van der Waals surface area contributed by atoms with Crippen molar-refractivity contribution < 1.29 is 4.94 Å². The molecule has 0 aliphatic carbocycles. The number of pyridine rings is 1. The van der Waals surface area contributed by atoms with Gasteiger partial charge in [-0.15, -0.1) is 4.94 Å². The van der Waals surface area contributed by atoms with Gasteiger partial charge in [-0.2, -0.15) is 5.06 Å². The van der Waals surface area contributed by atoms with Crippen molar-refractivity contribution in [2.45, 2.75) is 29.7 Å². The number of rotatable bonds is 8. The molecule has 9 aromatic rings. The zero-order valence-electron chi connectivity index (χ0n) is 31.1. The second-order valence-electron chi connectivity index (χ2n) is 14.3. The second kappa shape index (κ2) is 14.2. The molecule has 1 aliphatic rings. The molecule has 5 nitrogen and oxygen atoms in total. The average Bonchev–Trinajstić information content (AvgIpc) is 3.81. The van der Waals surface area contributed by atoms with E-state index in [2.05, 4.69) is 200 Å². The van der Waals surface area contributed by atoms with E-state index in [0.29, 0.717) is 0 Å². The number of anilines is 3. The van der Waals surface area contributed by atoms with E-state index in [1.54, 1.807) is 11.8 Å². The van der Waals surface area contributed by atoms with Gasteiger partial charge >= 0.3 is 0 Å². The Kier molecular flexibility index (Phi) is 8.63. The van der Waals surface area contributed by atoms with E-state index in [1.807, 2.05) is 16.3 Å².